The first-order valence-corrected chi connectivity index (χ1v) is 9.42. The van der Waals surface area contributed by atoms with Gasteiger partial charge >= 0.3 is 0 Å². The fraction of sp³-hybridized carbons (Fsp3) is 0.643. The minimum Gasteiger partial charge on any atom is -0.388 e. The predicted molar refractivity (Wildman–Crippen MR) is 89.3 cm³/mol. The second-order valence-electron chi connectivity index (χ2n) is 5.46. The number of hydrogen-bond donors (Lipinski definition) is 1. The van der Waals surface area contributed by atoms with Gasteiger partial charge in [0, 0.05) is 30.8 Å². The Hall–Kier alpha value is -1.12. The van der Waals surface area contributed by atoms with Gasteiger partial charge in [-0.1, -0.05) is 18.7 Å². The van der Waals surface area contributed by atoms with Crippen molar-refractivity contribution >= 4 is 28.2 Å². The van der Waals surface area contributed by atoms with Crippen LogP contribution in [-0.4, -0.2) is 37.9 Å². The third-order valence-corrected chi connectivity index (χ3v) is 5.65. The third kappa shape index (κ3) is 3.44. The summed E-state index contributed by atoms with van der Waals surface area (Å²) >= 11 is 3.33. The molecule has 0 saturated heterocycles. The van der Waals surface area contributed by atoms with Gasteiger partial charge in [-0.2, -0.15) is 0 Å². The molecule has 0 amide bonds. The predicted octanol–water partition coefficient (Wildman–Crippen LogP) is 2.53. The summed E-state index contributed by atoms with van der Waals surface area (Å²) in [6.07, 6.45) is 3.56. The fourth-order valence-electron chi connectivity index (χ4n) is 2.27. The molecule has 22 heavy (non-hydrogen) atoms. The van der Waals surface area contributed by atoms with Crippen LogP contribution in [0, 0.1) is 0 Å². The number of anilines is 1. The lowest BCUT2D eigenvalue weighted by Crippen LogP contribution is -2.18. The van der Waals surface area contributed by atoms with Crippen LogP contribution in [0.2, 0.25) is 0 Å². The molecule has 1 N–H and O–H groups in total. The quantitative estimate of drug-likeness (QED) is 0.746. The molecular weight excluding hydrogens is 318 g/mol. The Morgan fingerprint density at radius 1 is 1.45 bits per heavy atom. The maximum Gasteiger partial charge on any atom is 0.191 e. The van der Waals surface area contributed by atoms with Gasteiger partial charge in [0.1, 0.15) is 6.61 Å². The third-order valence-electron chi connectivity index (χ3n) is 3.67. The van der Waals surface area contributed by atoms with Crippen LogP contribution in [-0.2, 0) is 18.9 Å². The van der Waals surface area contributed by atoms with Gasteiger partial charge in [0.2, 0.25) is 0 Å². The Kier molecular flexibility index (Phi) is 5.00. The molecule has 0 spiro atoms. The molecule has 1 aliphatic carbocycles. The van der Waals surface area contributed by atoms with E-state index < -0.39 is 0 Å². The van der Waals surface area contributed by atoms with Crippen LogP contribution in [0.1, 0.15) is 37.7 Å². The van der Waals surface area contributed by atoms with Gasteiger partial charge < -0.3 is 14.6 Å². The SMILES string of the molecule is CCCn1c(CO)nnc1SCc1csc(N(C)C2CC2)n1. The summed E-state index contributed by atoms with van der Waals surface area (Å²) in [6.45, 7) is 2.87. The summed E-state index contributed by atoms with van der Waals surface area (Å²) in [5.74, 6) is 1.42. The first kappa shape index (κ1) is 15.8. The summed E-state index contributed by atoms with van der Waals surface area (Å²) < 4.78 is 1.99. The van der Waals surface area contributed by atoms with E-state index in [1.165, 1.54) is 12.8 Å². The summed E-state index contributed by atoms with van der Waals surface area (Å²) in [4.78, 5) is 6.99. The fourth-order valence-corrected chi connectivity index (χ4v) is 4.12. The zero-order chi connectivity index (χ0) is 15.5. The first-order chi connectivity index (χ1) is 10.7. The average Bonchev–Trinajstić information content (AvgIpc) is 3.15. The van der Waals surface area contributed by atoms with Gasteiger partial charge in [0.05, 0.1) is 5.69 Å². The van der Waals surface area contributed by atoms with Crippen LogP contribution in [0.3, 0.4) is 0 Å². The van der Waals surface area contributed by atoms with Crippen molar-refractivity contribution in [1.29, 1.82) is 0 Å². The zero-order valence-corrected chi connectivity index (χ0v) is 14.5. The highest BCUT2D eigenvalue weighted by Crippen LogP contribution is 2.33. The van der Waals surface area contributed by atoms with Crippen molar-refractivity contribution in [3.8, 4) is 0 Å². The largest absolute Gasteiger partial charge is 0.388 e. The van der Waals surface area contributed by atoms with E-state index in [4.69, 9.17) is 4.98 Å². The maximum atomic E-state index is 9.32. The maximum absolute atomic E-state index is 9.32. The van der Waals surface area contributed by atoms with E-state index in [2.05, 4.69) is 34.4 Å². The van der Waals surface area contributed by atoms with Crippen molar-refractivity contribution in [1.82, 2.24) is 19.7 Å². The molecule has 0 aromatic carbocycles. The van der Waals surface area contributed by atoms with Gasteiger partial charge in [-0.3, -0.25) is 0 Å². The normalized spacial score (nSPS) is 14.5. The van der Waals surface area contributed by atoms with Gasteiger partial charge in [0.15, 0.2) is 16.1 Å². The van der Waals surface area contributed by atoms with Crippen molar-refractivity contribution in [2.24, 2.45) is 0 Å². The highest BCUT2D eigenvalue weighted by atomic mass is 32.2. The second kappa shape index (κ2) is 6.97. The van der Waals surface area contributed by atoms with Crippen LogP contribution < -0.4 is 4.90 Å². The number of aromatic nitrogens is 4. The topological polar surface area (TPSA) is 67.1 Å². The molecular formula is C14H21N5OS2. The van der Waals surface area contributed by atoms with Crippen molar-refractivity contribution in [3.05, 3.63) is 16.9 Å². The summed E-state index contributed by atoms with van der Waals surface area (Å²) in [6, 6.07) is 0.686. The molecule has 8 heteroatoms. The van der Waals surface area contributed by atoms with Crippen molar-refractivity contribution < 1.29 is 5.11 Å². The number of hydrogen-bond acceptors (Lipinski definition) is 7. The molecule has 1 saturated carbocycles. The van der Waals surface area contributed by atoms with Crippen molar-refractivity contribution in [2.75, 3.05) is 11.9 Å². The second-order valence-corrected chi connectivity index (χ2v) is 7.24. The summed E-state index contributed by atoms with van der Waals surface area (Å²) in [5.41, 5.74) is 1.08. The Morgan fingerprint density at radius 3 is 2.95 bits per heavy atom. The lowest BCUT2D eigenvalue weighted by Gasteiger charge is -2.13. The minimum atomic E-state index is -0.0689. The zero-order valence-electron chi connectivity index (χ0n) is 12.9. The molecule has 6 nitrogen and oxygen atoms in total. The molecule has 0 atom stereocenters. The smallest absolute Gasteiger partial charge is 0.191 e. The molecule has 2 aromatic rings. The van der Waals surface area contributed by atoms with Crippen LogP contribution in [0.4, 0.5) is 5.13 Å². The molecule has 0 aliphatic heterocycles. The van der Waals surface area contributed by atoms with Crippen LogP contribution >= 0.6 is 23.1 Å². The van der Waals surface area contributed by atoms with Crippen LogP contribution in [0.5, 0.6) is 0 Å². The average molecular weight is 339 g/mol. The first-order valence-electron chi connectivity index (χ1n) is 7.56. The number of aliphatic hydroxyl groups is 1. The van der Waals surface area contributed by atoms with Gasteiger partial charge in [0.25, 0.3) is 0 Å². The Morgan fingerprint density at radius 2 is 2.27 bits per heavy atom. The summed E-state index contributed by atoms with van der Waals surface area (Å²) in [5, 5.41) is 21.6. The number of thioether (sulfide) groups is 1. The molecule has 1 aliphatic rings. The molecule has 0 bridgehead atoms. The van der Waals surface area contributed by atoms with Crippen LogP contribution in [0.25, 0.3) is 0 Å². The van der Waals surface area contributed by atoms with Crippen molar-refractivity contribution in [2.45, 2.75) is 56.3 Å². The molecule has 0 unspecified atom stereocenters. The monoisotopic (exact) mass is 339 g/mol. The van der Waals surface area contributed by atoms with E-state index in [0.29, 0.717) is 11.9 Å². The van der Waals surface area contributed by atoms with E-state index in [1.807, 2.05) is 4.57 Å². The lowest BCUT2D eigenvalue weighted by atomic mass is 10.4. The standard InChI is InChI=1S/C14H21N5OS2/c1-3-6-19-12(7-20)16-17-14(19)22-9-10-8-21-13(15-10)18(2)11-4-5-11/h8,11,20H,3-7,9H2,1-2H3. The van der Waals surface area contributed by atoms with E-state index in [-0.39, 0.29) is 6.61 Å². The number of thiazole rings is 1. The highest BCUT2D eigenvalue weighted by molar-refractivity contribution is 7.98. The molecule has 3 rings (SSSR count). The van der Waals surface area contributed by atoms with E-state index >= 15 is 0 Å². The Balaban J connectivity index is 1.63. The van der Waals surface area contributed by atoms with Gasteiger partial charge in [-0.25, -0.2) is 4.98 Å². The molecule has 2 aromatic heterocycles. The number of aliphatic hydroxyl groups excluding tert-OH is 1. The van der Waals surface area contributed by atoms with E-state index in [9.17, 15) is 5.11 Å². The van der Waals surface area contributed by atoms with E-state index in [1.54, 1.807) is 23.1 Å². The molecule has 1 fully saturated rings. The molecule has 120 valence electrons. The van der Waals surface area contributed by atoms with Gasteiger partial charge in [-0.05, 0) is 19.3 Å². The molecule has 0 radical (unpaired) electrons. The van der Waals surface area contributed by atoms with E-state index in [0.717, 1.165) is 34.7 Å². The van der Waals surface area contributed by atoms with Crippen molar-refractivity contribution in [3.63, 3.8) is 0 Å². The Labute approximate surface area is 138 Å². The summed E-state index contributed by atoms with van der Waals surface area (Å²) in [7, 11) is 2.12. The van der Waals surface area contributed by atoms with Gasteiger partial charge in [-0.15, -0.1) is 21.5 Å². The Bertz CT molecular complexity index is 623. The number of nitrogens with zero attached hydrogens (tertiary/aromatic N) is 5. The highest BCUT2D eigenvalue weighted by Gasteiger charge is 2.28. The van der Waals surface area contributed by atoms with Crippen LogP contribution in [0.15, 0.2) is 10.5 Å². The molecule has 2 heterocycles. The number of rotatable bonds is 8. The lowest BCUT2D eigenvalue weighted by molar-refractivity contribution is 0.263. The minimum absolute atomic E-state index is 0.0689.